The van der Waals surface area contributed by atoms with Crippen molar-refractivity contribution in [3.8, 4) is 5.75 Å². The molecule has 2 aromatic carbocycles. The van der Waals surface area contributed by atoms with Crippen molar-refractivity contribution in [1.29, 1.82) is 0 Å². The van der Waals surface area contributed by atoms with Gasteiger partial charge in [-0.15, -0.1) is 0 Å². The number of rotatable bonds is 2. The van der Waals surface area contributed by atoms with Gasteiger partial charge in [-0.2, -0.15) is 0 Å². The molecule has 0 saturated carbocycles. The molecule has 0 radical (unpaired) electrons. The van der Waals surface area contributed by atoms with Gasteiger partial charge in [0, 0.05) is 6.42 Å². The summed E-state index contributed by atoms with van der Waals surface area (Å²) in [6.07, 6.45) is 4.97. The third-order valence-corrected chi connectivity index (χ3v) is 5.56. The standard InChI is InChI=1S/C18H17BrO/c19-18(15-9-8-12-5-3-6-13(12)10-15)17-11-14-4-1-2-7-16(14)20-17/h1-2,4,7-10,17-18H,3,5-6,11H2. The average Bonchev–Trinajstić information content (AvgIpc) is 3.11. The summed E-state index contributed by atoms with van der Waals surface area (Å²) in [5.74, 6) is 1.04. The highest BCUT2D eigenvalue weighted by Crippen LogP contribution is 2.39. The normalized spacial score (nSPS) is 21.1. The van der Waals surface area contributed by atoms with Crippen molar-refractivity contribution >= 4 is 15.9 Å². The van der Waals surface area contributed by atoms with E-state index >= 15 is 0 Å². The molecule has 0 bridgehead atoms. The lowest BCUT2D eigenvalue weighted by Crippen LogP contribution is -2.19. The molecule has 2 atom stereocenters. The number of fused-ring (bicyclic) bond motifs is 2. The molecule has 0 saturated heterocycles. The quantitative estimate of drug-likeness (QED) is 0.731. The highest BCUT2D eigenvalue weighted by atomic mass is 79.9. The first-order chi connectivity index (χ1) is 9.81. The summed E-state index contributed by atoms with van der Waals surface area (Å²) in [5, 5.41) is 0. The lowest BCUT2D eigenvalue weighted by Gasteiger charge is -2.19. The van der Waals surface area contributed by atoms with E-state index in [1.807, 2.05) is 6.07 Å². The number of ether oxygens (including phenoxy) is 1. The lowest BCUT2D eigenvalue weighted by atomic mass is 10.00. The third-order valence-electron chi connectivity index (χ3n) is 4.44. The Kier molecular flexibility index (Phi) is 3.07. The maximum atomic E-state index is 6.10. The molecular formula is C18H17BrO. The van der Waals surface area contributed by atoms with Crippen molar-refractivity contribution in [2.45, 2.75) is 36.6 Å². The first-order valence-electron chi connectivity index (χ1n) is 7.31. The second-order valence-electron chi connectivity index (χ2n) is 5.75. The van der Waals surface area contributed by atoms with Gasteiger partial charge in [-0.3, -0.25) is 0 Å². The summed E-state index contributed by atoms with van der Waals surface area (Å²) >= 11 is 3.86. The summed E-state index contributed by atoms with van der Waals surface area (Å²) < 4.78 is 6.10. The molecule has 1 nitrogen and oxygen atoms in total. The number of halogens is 1. The van der Waals surface area contributed by atoms with Crippen LogP contribution in [0, 0.1) is 0 Å². The maximum Gasteiger partial charge on any atom is 0.123 e. The molecular weight excluding hydrogens is 312 g/mol. The minimum atomic E-state index is 0.201. The molecule has 20 heavy (non-hydrogen) atoms. The molecule has 0 spiro atoms. The van der Waals surface area contributed by atoms with Gasteiger partial charge in [0.2, 0.25) is 0 Å². The van der Waals surface area contributed by atoms with Gasteiger partial charge in [0.05, 0.1) is 4.83 Å². The first-order valence-corrected chi connectivity index (χ1v) is 8.23. The van der Waals surface area contributed by atoms with E-state index in [4.69, 9.17) is 4.74 Å². The third kappa shape index (κ3) is 2.07. The van der Waals surface area contributed by atoms with E-state index < -0.39 is 0 Å². The first kappa shape index (κ1) is 12.5. The van der Waals surface area contributed by atoms with E-state index in [0.29, 0.717) is 0 Å². The average molecular weight is 329 g/mol. The molecule has 1 heterocycles. The molecule has 0 N–H and O–H groups in total. The summed E-state index contributed by atoms with van der Waals surface area (Å²) in [5.41, 5.74) is 5.73. The Morgan fingerprint density at radius 3 is 2.75 bits per heavy atom. The topological polar surface area (TPSA) is 9.23 Å². The fourth-order valence-electron chi connectivity index (χ4n) is 3.35. The smallest absolute Gasteiger partial charge is 0.123 e. The molecule has 0 aromatic heterocycles. The monoisotopic (exact) mass is 328 g/mol. The van der Waals surface area contributed by atoms with Crippen LogP contribution in [0.15, 0.2) is 42.5 Å². The van der Waals surface area contributed by atoms with E-state index in [2.05, 4.69) is 52.3 Å². The number of hydrogen-bond acceptors (Lipinski definition) is 1. The highest BCUT2D eigenvalue weighted by molar-refractivity contribution is 9.09. The highest BCUT2D eigenvalue weighted by Gasteiger charge is 2.30. The molecule has 2 heteroatoms. The van der Waals surface area contributed by atoms with Crippen molar-refractivity contribution < 1.29 is 4.74 Å². The predicted octanol–water partition coefficient (Wildman–Crippen LogP) is 4.62. The number of aryl methyl sites for hydroxylation is 2. The van der Waals surface area contributed by atoms with Crippen LogP contribution in [-0.4, -0.2) is 6.10 Å². The SMILES string of the molecule is BrC(c1ccc2c(c1)CCC2)C1Cc2ccccc2O1. The van der Waals surface area contributed by atoms with E-state index in [1.165, 1.54) is 41.5 Å². The summed E-state index contributed by atoms with van der Waals surface area (Å²) in [6.45, 7) is 0. The van der Waals surface area contributed by atoms with Crippen LogP contribution in [0.5, 0.6) is 5.75 Å². The van der Waals surface area contributed by atoms with Crippen LogP contribution in [0.2, 0.25) is 0 Å². The molecule has 102 valence electrons. The van der Waals surface area contributed by atoms with Crippen molar-refractivity contribution in [2.24, 2.45) is 0 Å². The van der Waals surface area contributed by atoms with E-state index in [0.717, 1.165) is 12.2 Å². The number of benzene rings is 2. The second kappa shape index (κ2) is 4.92. The van der Waals surface area contributed by atoms with E-state index in [1.54, 1.807) is 0 Å². The Morgan fingerprint density at radius 1 is 1.00 bits per heavy atom. The largest absolute Gasteiger partial charge is 0.488 e. The number of para-hydroxylation sites is 1. The van der Waals surface area contributed by atoms with Crippen LogP contribution >= 0.6 is 15.9 Å². The zero-order chi connectivity index (χ0) is 13.5. The zero-order valence-electron chi connectivity index (χ0n) is 11.3. The fourth-order valence-corrected chi connectivity index (χ4v) is 3.93. The summed E-state index contributed by atoms with van der Waals surface area (Å²) in [7, 11) is 0. The Labute approximate surface area is 128 Å². The lowest BCUT2D eigenvalue weighted by molar-refractivity contribution is 0.232. The summed E-state index contributed by atoms with van der Waals surface area (Å²) in [4.78, 5) is 0.265. The Morgan fingerprint density at radius 2 is 1.85 bits per heavy atom. The van der Waals surface area contributed by atoms with Gasteiger partial charge < -0.3 is 4.74 Å². The van der Waals surface area contributed by atoms with Gasteiger partial charge in [0.25, 0.3) is 0 Å². The maximum absolute atomic E-state index is 6.10. The van der Waals surface area contributed by atoms with Crippen molar-refractivity contribution in [1.82, 2.24) is 0 Å². The van der Waals surface area contributed by atoms with E-state index in [-0.39, 0.29) is 10.9 Å². The van der Waals surface area contributed by atoms with Crippen LogP contribution in [0.1, 0.15) is 33.5 Å². The van der Waals surface area contributed by atoms with Gasteiger partial charge >= 0.3 is 0 Å². The second-order valence-corrected chi connectivity index (χ2v) is 6.74. The van der Waals surface area contributed by atoms with Gasteiger partial charge in [-0.05, 0) is 47.6 Å². The molecule has 2 aromatic rings. The molecule has 2 aliphatic rings. The minimum absolute atomic E-state index is 0.201. The van der Waals surface area contributed by atoms with Crippen LogP contribution in [-0.2, 0) is 19.3 Å². The van der Waals surface area contributed by atoms with Gasteiger partial charge in [0.15, 0.2) is 0 Å². The van der Waals surface area contributed by atoms with Crippen LogP contribution < -0.4 is 4.74 Å². The Balaban J connectivity index is 1.58. The van der Waals surface area contributed by atoms with Gasteiger partial charge in [-0.1, -0.05) is 52.3 Å². The zero-order valence-corrected chi connectivity index (χ0v) is 12.9. The minimum Gasteiger partial charge on any atom is -0.488 e. The van der Waals surface area contributed by atoms with Crippen LogP contribution in [0.4, 0.5) is 0 Å². The van der Waals surface area contributed by atoms with Gasteiger partial charge in [0.1, 0.15) is 11.9 Å². The molecule has 2 unspecified atom stereocenters. The molecule has 1 aliphatic carbocycles. The molecule has 4 rings (SSSR count). The summed E-state index contributed by atoms with van der Waals surface area (Å²) in [6, 6.07) is 15.3. The van der Waals surface area contributed by atoms with Crippen LogP contribution in [0.3, 0.4) is 0 Å². The van der Waals surface area contributed by atoms with Crippen molar-refractivity contribution in [3.05, 3.63) is 64.7 Å². The van der Waals surface area contributed by atoms with Gasteiger partial charge in [-0.25, -0.2) is 0 Å². The molecule has 0 fully saturated rings. The molecule has 1 aliphatic heterocycles. The Bertz CT molecular complexity index is 625. The fraction of sp³-hybridized carbons (Fsp3) is 0.333. The Hall–Kier alpha value is -1.28. The van der Waals surface area contributed by atoms with Crippen molar-refractivity contribution in [2.75, 3.05) is 0 Å². The molecule has 0 amide bonds. The van der Waals surface area contributed by atoms with E-state index in [9.17, 15) is 0 Å². The number of alkyl halides is 1. The number of hydrogen-bond donors (Lipinski definition) is 0. The van der Waals surface area contributed by atoms with Crippen LogP contribution in [0.25, 0.3) is 0 Å². The predicted molar refractivity (Wildman–Crippen MR) is 84.7 cm³/mol. The van der Waals surface area contributed by atoms with Crippen molar-refractivity contribution in [3.63, 3.8) is 0 Å².